The number of hydrogen-bond acceptors (Lipinski definition) is 2. The van der Waals surface area contributed by atoms with Gasteiger partial charge in [-0.05, 0) is 38.3 Å². The molecule has 2 nitrogen and oxygen atoms in total. The summed E-state index contributed by atoms with van der Waals surface area (Å²) in [6.07, 6.45) is 24.5. The van der Waals surface area contributed by atoms with E-state index in [1.54, 1.807) is 0 Å². The van der Waals surface area contributed by atoms with Crippen molar-refractivity contribution in [2.45, 2.75) is 122 Å². The molecule has 2 heteroatoms. The van der Waals surface area contributed by atoms with E-state index in [1.165, 1.54) is 114 Å². The highest BCUT2D eigenvalue weighted by molar-refractivity contribution is 4.70. The van der Waals surface area contributed by atoms with Crippen LogP contribution >= 0.6 is 0 Å². The van der Waals surface area contributed by atoms with E-state index < -0.39 is 0 Å². The Bertz CT molecular complexity index is 250. The molecule has 0 aromatic carbocycles. The van der Waals surface area contributed by atoms with E-state index in [4.69, 9.17) is 0 Å². The average Bonchev–Trinajstić information content (AvgIpc) is 2.60. The van der Waals surface area contributed by atoms with Gasteiger partial charge in [0, 0.05) is 0 Å². The number of hydroxylamine groups is 2. The number of rotatable bonds is 16. The Morgan fingerprint density at radius 3 is 1.62 bits per heavy atom. The molecule has 0 unspecified atom stereocenters. The summed E-state index contributed by atoms with van der Waals surface area (Å²) in [6, 6.07) is 0. The highest BCUT2D eigenvalue weighted by Crippen LogP contribution is 2.24. The maximum absolute atomic E-state index is 11.9. The van der Waals surface area contributed by atoms with Gasteiger partial charge >= 0.3 is 0 Å². The molecule has 0 bridgehead atoms. The lowest BCUT2D eigenvalue weighted by atomic mass is 9.89. The number of unbranched alkanes of at least 4 members (excludes halogenated alkanes) is 12. The van der Waals surface area contributed by atoms with Crippen LogP contribution in [0.3, 0.4) is 0 Å². The van der Waals surface area contributed by atoms with Gasteiger partial charge in [-0.25, -0.2) is 0 Å². The molecule has 0 amide bonds. The van der Waals surface area contributed by atoms with E-state index in [2.05, 4.69) is 6.92 Å². The molecule has 1 aliphatic rings. The minimum absolute atomic E-state index is 0.693. The minimum atomic E-state index is 0.693. The predicted octanol–water partition coefficient (Wildman–Crippen LogP) is 7.46. The predicted molar refractivity (Wildman–Crippen MR) is 107 cm³/mol. The summed E-state index contributed by atoms with van der Waals surface area (Å²) in [5.74, 6) is 0.693. The fourth-order valence-electron chi connectivity index (χ4n) is 4.05. The molecule has 1 rings (SSSR count). The van der Waals surface area contributed by atoms with E-state index in [-0.39, 0.29) is 0 Å². The molecule has 0 radical (unpaired) electrons. The maximum atomic E-state index is 11.9. The maximum Gasteiger partial charge on any atom is -0.0116 e. The second-order valence-electron chi connectivity index (χ2n) is 8.13. The van der Waals surface area contributed by atoms with Crippen LogP contribution in [0.5, 0.6) is 0 Å². The molecule has 1 aliphatic carbocycles. The smallest absolute Gasteiger partial charge is 0.0116 e. The van der Waals surface area contributed by atoms with Gasteiger partial charge in [-0.1, -0.05) is 103 Å². The second kappa shape index (κ2) is 16.4. The summed E-state index contributed by atoms with van der Waals surface area (Å²) in [4.78, 5) is 0. The molecular weight excluding hydrogens is 294 g/mol. The Hall–Kier alpha value is -0.0800. The monoisotopic (exact) mass is 338 g/mol. The van der Waals surface area contributed by atoms with E-state index in [1.807, 2.05) is 0 Å². The van der Waals surface area contributed by atoms with Gasteiger partial charge in [0.05, 0.1) is 0 Å². The van der Waals surface area contributed by atoms with E-state index in [0.29, 0.717) is 5.92 Å². The molecule has 24 heavy (non-hydrogen) atoms. The van der Waals surface area contributed by atoms with Crippen LogP contribution in [-0.2, 0) is 0 Å². The topological polar surface area (TPSA) is 26.3 Å². The lowest BCUT2D eigenvalue weighted by Gasteiger charge is -2.34. The van der Waals surface area contributed by atoms with Crippen LogP contribution in [0.2, 0.25) is 0 Å². The van der Waals surface area contributed by atoms with Gasteiger partial charge in [-0.3, -0.25) is 0 Å². The van der Waals surface area contributed by atoms with Crippen molar-refractivity contribution in [3.63, 3.8) is 0 Å². The molecule has 0 atom stereocenters. The van der Waals surface area contributed by atoms with Crippen LogP contribution in [-0.4, -0.2) is 18.2 Å². The lowest BCUT2D eigenvalue weighted by molar-refractivity contribution is 0.251. The van der Waals surface area contributed by atoms with Gasteiger partial charge in [0.15, 0.2) is 0 Å². The summed E-state index contributed by atoms with van der Waals surface area (Å²) in [5, 5.41) is 13.3. The highest BCUT2D eigenvalue weighted by atomic mass is 16.5. The fraction of sp³-hybridized carbons (Fsp3) is 1.00. The molecule has 0 aromatic rings. The van der Waals surface area contributed by atoms with Gasteiger partial charge < -0.3 is 10.3 Å². The van der Waals surface area contributed by atoms with E-state index >= 15 is 0 Å². The summed E-state index contributed by atoms with van der Waals surface area (Å²) >= 11 is 0. The van der Waals surface area contributed by atoms with Crippen LogP contribution < -0.4 is 0 Å². The zero-order valence-electron chi connectivity index (χ0n) is 16.6. The summed E-state index contributed by atoms with van der Waals surface area (Å²) in [6.45, 7) is 3.86. The molecule has 0 aromatic heterocycles. The van der Waals surface area contributed by atoms with Gasteiger partial charge in [0.2, 0.25) is 0 Å². The van der Waals surface area contributed by atoms with Crippen molar-refractivity contribution in [3.05, 3.63) is 5.21 Å². The third-order valence-corrected chi connectivity index (χ3v) is 5.70. The Labute approximate surface area is 152 Å². The quantitative estimate of drug-likeness (QED) is 0.216. The minimum Gasteiger partial charge on any atom is -0.785 e. The third kappa shape index (κ3) is 13.2. The van der Waals surface area contributed by atoms with Crippen LogP contribution in [0.4, 0.5) is 0 Å². The standard InChI is InChI=1S/C22H44NO/c1-2-3-4-5-6-7-8-9-10-11-12-13-17-20-23(24)21-22-18-15-14-16-19-22/h22H,2-21H2,1H3/q-1. The lowest BCUT2D eigenvalue weighted by Crippen LogP contribution is -2.26. The number of nitrogens with zero attached hydrogens (tertiary/aromatic N) is 1. The van der Waals surface area contributed by atoms with Crippen LogP contribution in [0.1, 0.15) is 122 Å². The van der Waals surface area contributed by atoms with Crippen LogP contribution in [0, 0.1) is 11.1 Å². The first-order valence-electron chi connectivity index (χ1n) is 11.2. The van der Waals surface area contributed by atoms with Crippen molar-refractivity contribution in [2.75, 3.05) is 13.1 Å². The Morgan fingerprint density at radius 2 is 1.12 bits per heavy atom. The molecular formula is C22H44NO-. The van der Waals surface area contributed by atoms with Crippen LogP contribution in [0.15, 0.2) is 0 Å². The SMILES string of the molecule is CCCCCCCCCCCCCCCN([O-])CC1CCCCC1. The van der Waals surface area contributed by atoms with Crippen molar-refractivity contribution < 1.29 is 0 Å². The Morgan fingerprint density at radius 1 is 0.667 bits per heavy atom. The van der Waals surface area contributed by atoms with E-state index in [9.17, 15) is 5.21 Å². The van der Waals surface area contributed by atoms with Gasteiger partial charge in [-0.15, -0.1) is 0 Å². The average molecular weight is 339 g/mol. The molecule has 144 valence electrons. The zero-order valence-corrected chi connectivity index (χ0v) is 16.6. The van der Waals surface area contributed by atoms with Crippen molar-refractivity contribution in [2.24, 2.45) is 5.92 Å². The van der Waals surface area contributed by atoms with Gasteiger partial charge in [0.1, 0.15) is 0 Å². The van der Waals surface area contributed by atoms with Crippen molar-refractivity contribution in [3.8, 4) is 0 Å². The summed E-state index contributed by atoms with van der Waals surface area (Å²) < 4.78 is 0. The van der Waals surface area contributed by atoms with Crippen molar-refractivity contribution in [1.29, 1.82) is 0 Å². The zero-order chi connectivity index (χ0) is 17.3. The van der Waals surface area contributed by atoms with Crippen molar-refractivity contribution in [1.82, 2.24) is 5.06 Å². The Balaban J connectivity index is 1.75. The summed E-state index contributed by atoms with van der Waals surface area (Å²) in [5.41, 5.74) is 0. The van der Waals surface area contributed by atoms with Crippen LogP contribution in [0.25, 0.3) is 0 Å². The molecule has 1 fully saturated rings. The molecule has 1 saturated carbocycles. The first-order valence-corrected chi connectivity index (χ1v) is 11.2. The highest BCUT2D eigenvalue weighted by Gasteiger charge is 2.13. The van der Waals surface area contributed by atoms with Gasteiger partial charge in [0.25, 0.3) is 0 Å². The Kier molecular flexibility index (Phi) is 15.0. The number of hydrogen-bond donors (Lipinski definition) is 0. The normalized spacial score (nSPS) is 16.1. The van der Waals surface area contributed by atoms with E-state index in [0.717, 1.165) is 19.5 Å². The molecule has 0 heterocycles. The molecule has 0 aliphatic heterocycles. The van der Waals surface area contributed by atoms with Gasteiger partial charge in [-0.2, -0.15) is 0 Å². The first-order chi connectivity index (χ1) is 11.8. The fourth-order valence-corrected chi connectivity index (χ4v) is 4.05. The third-order valence-electron chi connectivity index (χ3n) is 5.70. The van der Waals surface area contributed by atoms with Crippen molar-refractivity contribution >= 4 is 0 Å². The largest absolute Gasteiger partial charge is 0.785 e. The molecule has 0 N–H and O–H groups in total. The molecule has 0 saturated heterocycles. The molecule has 0 spiro atoms. The second-order valence-corrected chi connectivity index (χ2v) is 8.13. The first kappa shape index (κ1) is 22.0. The summed E-state index contributed by atoms with van der Waals surface area (Å²) in [7, 11) is 0.